The number of nitrogens with one attached hydrogen (secondary N) is 2. The molecule has 0 spiro atoms. The number of hydrogen-bond acceptors (Lipinski definition) is 2. The normalized spacial score (nSPS) is 21.4. The summed E-state index contributed by atoms with van der Waals surface area (Å²) in [6.07, 6.45) is -0.419. The first-order valence-electron chi connectivity index (χ1n) is 6.83. The Labute approximate surface area is 129 Å². The van der Waals surface area contributed by atoms with Crippen LogP contribution < -0.4 is 10.6 Å². The van der Waals surface area contributed by atoms with E-state index >= 15 is 0 Å². The van der Waals surface area contributed by atoms with Crippen LogP contribution in [0.5, 0.6) is 0 Å². The highest BCUT2D eigenvalue weighted by molar-refractivity contribution is 5.85. The van der Waals surface area contributed by atoms with Crippen molar-refractivity contribution in [1.29, 1.82) is 0 Å². The highest BCUT2D eigenvalue weighted by atomic mass is 35.5. The molecule has 0 radical (unpaired) electrons. The molecule has 1 heterocycles. The molecule has 2 unspecified atom stereocenters. The van der Waals surface area contributed by atoms with Crippen molar-refractivity contribution in [2.75, 3.05) is 13.1 Å². The smallest absolute Gasteiger partial charge is 0.262 e. The Morgan fingerprint density at radius 1 is 1.43 bits per heavy atom. The minimum Gasteiger partial charge on any atom is -0.354 e. The number of alkyl halides is 2. The van der Waals surface area contributed by atoms with Crippen molar-refractivity contribution in [3.8, 4) is 0 Å². The van der Waals surface area contributed by atoms with E-state index in [9.17, 15) is 13.6 Å². The molecular weight excluding hydrogens is 298 g/mol. The molecule has 0 aliphatic carbocycles. The van der Waals surface area contributed by atoms with E-state index in [1.165, 1.54) is 5.56 Å². The lowest BCUT2D eigenvalue weighted by atomic mass is 10.00. The van der Waals surface area contributed by atoms with Crippen LogP contribution in [0.15, 0.2) is 24.3 Å². The fraction of sp³-hybridized carbons (Fsp3) is 0.533. The predicted octanol–water partition coefficient (Wildman–Crippen LogP) is 2.63. The zero-order valence-corrected chi connectivity index (χ0v) is 13.0. The number of carbonyl (C=O) groups is 1. The lowest BCUT2D eigenvalue weighted by Gasteiger charge is -2.16. The first-order chi connectivity index (χ1) is 9.37. The van der Waals surface area contributed by atoms with Gasteiger partial charge in [0.25, 0.3) is 5.92 Å². The molecular formula is C15H21ClF2N2O. The summed E-state index contributed by atoms with van der Waals surface area (Å²) in [6, 6.07) is 7.30. The fourth-order valence-corrected chi connectivity index (χ4v) is 2.29. The first kappa shape index (κ1) is 17.9. The van der Waals surface area contributed by atoms with E-state index < -0.39 is 24.9 Å². The summed E-state index contributed by atoms with van der Waals surface area (Å²) in [5, 5.41) is 5.30. The maximum absolute atomic E-state index is 13.0. The van der Waals surface area contributed by atoms with Gasteiger partial charge in [0, 0.05) is 13.0 Å². The second-order valence-corrected chi connectivity index (χ2v) is 5.55. The maximum atomic E-state index is 13.0. The highest BCUT2D eigenvalue weighted by Gasteiger charge is 2.42. The van der Waals surface area contributed by atoms with E-state index in [2.05, 4.69) is 10.6 Å². The minimum absolute atomic E-state index is 0. The maximum Gasteiger partial charge on any atom is 0.262 e. The van der Waals surface area contributed by atoms with Crippen LogP contribution in [0, 0.1) is 6.92 Å². The molecule has 1 saturated heterocycles. The summed E-state index contributed by atoms with van der Waals surface area (Å²) in [7, 11) is 0. The zero-order valence-electron chi connectivity index (χ0n) is 12.2. The Morgan fingerprint density at radius 3 is 2.57 bits per heavy atom. The second-order valence-electron chi connectivity index (χ2n) is 5.55. The largest absolute Gasteiger partial charge is 0.354 e. The number of amides is 1. The van der Waals surface area contributed by atoms with Crippen molar-refractivity contribution in [3.05, 3.63) is 35.4 Å². The van der Waals surface area contributed by atoms with E-state index in [4.69, 9.17) is 0 Å². The molecule has 2 rings (SSSR count). The van der Waals surface area contributed by atoms with E-state index in [0.717, 1.165) is 5.56 Å². The molecule has 6 heteroatoms. The van der Waals surface area contributed by atoms with E-state index in [1.54, 1.807) is 0 Å². The molecule has 21 heavy (non-hydrogen) atoms. The Morgan fingerprint density at radius 2 is 2.05 bits per heavy atom. The molecule has 1 aromatic rings. The summed E-state index contributed by atoms with van der Waals surface area (Å²) >= 11 is 0. The van der Waals surface area contributed by atoms with Gasteiger partial charge in [-0.25, -0.2) is 8.78 Å². The van der Waals surface area contributed by atoms with Gasteiger partial charge >= 0.3 is 0 Å². The van der Waals surface area contributed by atoms with Gasteiger partial charge in [-0.05, 0) is 18.4 Å². The Bertz CT molecular complexity index is 479. The van der Waals surface area contributed by atoms with Crippen molar-refractivity contribution >= 4 is 18.3 Å². The number of benzene rings is 1. The Balaban J connectivity index is 0.00000220. The van der Waals surface area contributed by atoms with Crippen molar-refractivity contribution in [3.63, 3.8) is 0 Å². The standard InChI is InChI=1S/C15H20F2N2O.ClH/c1-10-3-5-12(6-4-10)11(2)8-18-14(20)13-7-15(16,17)9-19-13;/h3-6,11,13,19H,7-9H2,1-2H3,(H,18,20);1H. The van der Waals surface area contributed by atoms with Gasteiger partial charge in [0.15, 0.2) is 0 Å². The average molecular weight is 319 g/mol. The van der Waals surface area contributed by atoms with Crippen LogP contribution in [-0.2, 0) is 4.79 Å². The molecule has 1 aliphatic heterocycles. The predicted molar refractivity (Wildman–Crippen MR) is 81.2 cm³/mol. The second kappa shape index (κ2) is 7.18. The molecule has 3 nitrogen and oxygen atoms in total. The van der Waals surface area contributed by atoms with Gasteiger partial charge < -0.3 is 5.32 Å². The number of carbonyl (C=O) groups excluding carboxylic acids is 1. The third-order valence-electron chi connectivity index (χ3n) is 3.66. The van der Waals surface area contributed by atoms with Gasteiger partial charge in [-0.15, -0.1) is 12.4 Å². The molecule has 0 saturated carbocycles. The number of rotatable bonds is 4. The Kier molecular flexibility index (Phi) is 6.10. The minimum atomic E-state index is -2.77. The van der Waals surface area contributed by atoms with Gasteiger partial charge in [-0.1, -0.05) is 36.8 Å². The number of hydrogen-bond donors (Lipinski definition) is 2. The van der Waals surface area contributed by atoms with Crippen LogP contribution in [0.3, 0.4) is 0 Å². The highest BCUT2D eigenvalue weighted by Crippen LogP contribution is 2.25. The molecule has 1 aliphatic rings. The van der Waals surface area contributed by atoms with Gasteiger partial charge in [-0.3, -0.25) is 10.1 Å². The van der Waals surface area contributed by atoms with Crippen LogP contribution >= 0.6 is 12.4 Å². The van der Waals surface area contributed by atoms with Crippen molar-refractivity contribution < 1.29 is 13.6 Å². The molecule has 2 N–H and O–H groups in total. The molecule has 1 aromatic carbocycles. The third kappa shape index (κ3) is 4.93. The zero-order chi connectivity index (χ0) is 14.8. The monoisotopic (exact) mass is 318 g/mol. The van der Waals surface area contributed by atoms with Gasteiger partial charge in [0.05, 0.1) is 12.6 Å². The van der Waals surface area contributed by atoms with Crippen LogP contribution in [0.2, 0.25) is 0 Å². The van der Waals surface area contributed by atoms with Crippen LogP contribution in [0.1, 0.15) is 30.4 Å². The lowest BCUT2D eigenvalue weighted by molar-refractivity contribution is -0.123. The van der Waals surface area contributed by atoms with Crippen LogP contribution in [-0.4, -0.2) is 31.0 Å². The first-order valence-corrected chi connectivity index (χ1v) is 6.83. The molecule has 0 bridgehead atoms. The molecule has 1 amide bonds. The van der Waals surface area contributed by atoms with E-state index in [-0.39, 0.29) is 24.2 Å². The van der Waals surface area contributed by atoms with Gasteiger partial charge in [0.2, 0.25) is 5.91 Å². The molecule has 1 fully saturated rings. The van der Waals surface area contributed by atoms with Crippen LogP contribution in [0.25, 0.3) is 0 Å². The number of halogens is 3. The van der Waals surface area contributed by atoms with Crippen molar-refractivity contribution in [2.45, 2.75) is 38.2 Å². The summed E-state index contributed by atoms with van der Waals surface area (Å²) < 4.78 is 26.0. The van der Waals surface area contributed by atoms with Crippen LogP contribution in [0.4, 0.5) is 8.78 Å². The quantitative estimate of drug-likeness (QED) is 0.896. The number of aryl methyl sites for hydroxylation is 1. The molecule has 2 atom stereocenters. The summed E-state index contributed by atoms with van der Waals surface area (Å²) in [6.45, 7) is 4.05. The summed E-state index contributed by atoms with van der Waals surface area (Å²) in [4.78, 5) is 11.8. The molecule has 0 aromatic heterocycles. The summed E-state index contributed by atoms with van der Waals surface area (Å²) in [5.41, 5.74) is 2.31. The van der Waals surface area contributed by atoms with Crippen molar-refractivity contribution in [1.82, 2.24) is 10.6 Å². The lowest BCUT2D eigenvalue weighted by Crippen LogP contribution is -2.41. The summed E-state index contributed by atoms with van der Waals surface area (Å²) in [5.74, 6) is -2.97. The SMILES string of the molecule is Cc1ccc(C(C)CNC(=O)C2CC(F)(F)CN2)cc1.Cl. The van der Waals surface area contributed by atoms with Gasteiger partial charge in [-0.2, -0.15) is 0 Å². The molecule has 118 valence electrons. The van der Waals surface area contributed by atoms with Gasteiger partial charge in [0.1, 0.15) is 0 Å². The topological polar surface area (TPSA) is 41.1 Å². The van der Waals surface area contributed by atoms with E-state index in [1.807, 2.05) is 38.1 Å². The third-order valence-corrected chi connectivity index (χ3v) is 3.66. The average Bonchev–Trinajstić information content (AvgIpc) is 2.77. The Hall–Kier alpha value is -1.20. The van der Waals surface area contributed by atoms with E-state index in [0.29, 0.717) is 6.54 Å². The fourth-order valence-electron chi connectivity index (χ4n) is 2.29. The van der Waals surface area contributed by atoms with Crippen molar-refractivity contribution in [2.24, 2.45) is 0 Å².